The third-order valence-corrected chi connectivity index (χ3v) is 4.79. The molecule has 158 valence electrons. The van der Waals surface area contributed by atoms with Crippen LogP contribution in [0, 0.1) is 0 Å². The van der Waals surface area contributed by atoms with Gasteiger partial charge in [-0.05, 0) is 38.1 Å². The molecule has 0 bridgehead atoms. The molecule has 1 N–H and O–H groups in total. The Hall–Kier alpha value is -3.55. The first kappa shape index (κ1) is 21.2. The second kappa shape index (κ2) is 9.30. The van der Waals surface area contributed by atoms with Crippen molar-refractivity contribution in [3.8, 4) is 11.5 Å². The number of amides is 3. The molecule has 0 spiro atoms. The molecule has 0 radical (unpaired) electrons. The van der Waals surface area contributed by atoms with Gasteiger partial charge in [-0.25, -0.2) is 0 Å². The number of methoxy groups -OCH3 is 1. The first-order valence-electron chi connectivity index (χ1n) is 9.71. The lowest BCUT2D eigenvalue weighted by atomic mass is 10.2. The van der Waals surface area contributed by atoms with Crippen LogP contribution in [0.1, 0.15) is 13.8 Å². The summed E-state index contributed by atoms with van der Waals surface area (Å²) >= 11 is 0. The molecule has 1 aliphatic heterocycles. The lowest BCUT2D eigenvalue weighted by molar-refractivity contribution is -0.135. The van der Waals surface area contributed by atoms with Crippen molar-refractivity contribution in [1.82, 2.24) is 4.90 Å². The summed E-state index contributed by atoms with van der Waals surface area (Å²) < 4.78 is 10.7. The molecule has 0 unspecified atom stereocenters. The van der Waals surface area contributed by atoms with Crippen molar-refractivity contribution in [2.75, 3.05) is 37.0 Å². The summed E-state index contributed by atoms with van der Waals surface area (Å²) in [6.07, 6.45) is -0.681. The Morgan fingerprint density at radius 3 is 2.70 bits per heavy atom. The van der Waals surface area contributed by atoms with Gasteiger partial charge in [0.2, 0.25) is 11.8 Å². The summed E-state index contributed by atoms with van der Waals surface area (Å²) in [5.74, 6) is 0.223. The fourth-order valence-corrected chi connectivity index (χ4v) is 3.21. The van der Waals surface area contributed by atoms with E-state index in [1.165, 1.54) is 9.80 Å². The quantitative estimate of drug-likeness (QED) is 0.755. The smallest absolute Gasteiger partial charge is 0.268 e. The Morgan fingerprint density at radius 1 is 1.20 bits per heavy atom. The topological polar surface area (TPSA) is 88.2 Å². The third kappa shape index (κ3) is 4.71. The van der Waals surface area contributed by atoms with Crippen molar-refractivity contribution in [3.63, 3.8) is 0 Å². The second-order valence-electron chi connectivity index (χ2n) is 6.84. The average Bonchev–Trinajstić information content (AvgIpc) is 2.75. The van der Waals surface area contributed by atoms with Gasteiger partial charge in [0.15, 0.2) is 6.10 Å². The van der Waals surface area contributed by atoms with E-state index >= 15 is 0 Å². The second-order valence-corrected chi connectivity index (χ2v) is 6.84. The molecule has 0 fully saturated rings. The monoisotopic (exact) mass is 411 g/mol. The number of ether oxygens (including phenoxy) is 2. The highest BCUT2D eigenvalue weighted by molar-refractivity contribution is 6.04. The fraction of sp³-hybridized carbons (Fsp3) is 0.318. The van der Waals surface area contributed by atoms with Crippen LogP contribution >= 0.6 is 0 Å². The van der Waals surface area contributed by atoms with Crippen LogP contribution < -0.4 is 19.7 Å². The lowest BCUT2D eigenvalue weighted by Crippen LogP contribution is -2.50. The van der Waals surface area contributed by atoms with Crippen LogP contribution in [-0.2, 0) is 14.4 Å². The molecule has 30 heavy (non-hydrogen) atoms. The number of carbonyl (C=O) groups is 3. The zero-order valence-corrected chi connectivity index (χ0v) is 17.3. The third-order valence-electron chi connectivity index (χ3n) is 4.79. The summed E-state index contributed by atoms with van der Waals surface area (Å²) in [5.41, 5.74) is 1.12. The largest absolute Gasteiger partial charge is 0.497 e. The van der Waals surface area contributed by atoms with Gasteiger partial charge in [-0.1, -0.05) is 18.2 Å². The molecule has 0 aliphatic carbocycles. The summed E-state index contributed by atoms with van der Waals surface area (Å²) in [6, 6.07) is 14.1. The minimum atomic E-state index is -0.681. The van der Waals surface area contributed by atoms with Gasteiger partial charge in [-0.3, -0.25) is 19.3 Å². The first-order chi connectivity index (χ1) is 14.4. The summed E-state index contributed by atoms with van der Waals surface area (Å²) in [6.45, 7) is 3.48. The van der Waals surface area contributed by atoms with Gasteiger partial charge in [0, 0.05) is 18.3 Å². The van der Waals surface area contributed by atoms with Crippen molar-refractivity contribution in [2.45, 2.75) is 20.0 Å². The molecule has 0 aromatic heterocycles. The van der Waals surface area contributed by atoms with E-state index in [9.17, 15) is 14.4 Å². The van der Waals surface area contributed by atoms with Crippen LogP contribution in [-0.4, -0.2) is 55.5 Å². The maximum absolute atomic E-state index is 12.9. The van der Waals surface area contributed by atoms with Crippen LogP contribution in [0.2, 0.25) is 0 Å². The number of rotatable bonds is 7. The number of benzene rings is 2. The van der Waals surface area contributed by atoms with Crippen molar-refractivity contribution in [2.24, 2.45) is 0 Å². The van der Waals surface area contributed by atoms with E-state index in [0.29, 0.717) is 29.4 Å². The Labute approximate surface area is 175 Å². The minimum absolute atomic E-state index is 0.123. The van der Waals surface area contributed by atoms with Gasteiger partial charge in [-0.15, -0.1) is 0 Å². The van der Waals surface area contributed by atoms with Crippen molar-refractivity contribution < 1.29 is 23.9 Å². The zero-order chi connectivity index (χ0) is 21.7. The average molecular weight is 411 g/mol. The van der Waals surface area contributed by atoms with Crippen molar-refractivity contribution in [3.05, 3.63) is 48.5 Å². The predicted molar refractivity (Wildman–Crippen MR) is 113 cm³/mol. The highest BCUT2D eigenvalue weighted by Gasteiger charge is 2.33. The summed E-state index contributed by atoms with van der Waals surface area (Å²) in [5, 5.41) is 2.76. The molecule has 1 aliphatic rings. The summed E-state index contributed by atoms with van der Waals surface area (Å²) in [4.78, 5) is 40.7. The SMILES string of the molecule is CCN(CC(=O)Nc1cccc(OC)c1)C(=O)CN1C(=O)[C@@H](C)Oc2ccccc21. The molecule has 0 saturated carbocycles. The number of likely N-dealkylation sites (N-methyl/N-ethyl adjacent to an activating group) is 1. The standard InChI is InChI=1S/C22H25N3O5/c1-4-24(13-20(26)23-16-8-7-9-17(12-16)29-3)21(27)14-25-18-10-5-6-11-19(18)30-15(2)22(25)28/h5-12,15H,4,13-14H2,1-3H3,(H,23,26)/t15-/m1/s1. The van der Waals surface area contributed by atoms with Crippen LogP contribution in [0.5, 0.6) is 11.5 Å². The maximum atomic E-state index is 12.9. The number of nitrogens with one attached hydrogen (secondary N) is 1. The number of anilines is 2. The van der Waals surface area contributed by atoms with E-state index in [-0.39, 0.29) is 30.8 Å². The molecule has 1 atom stereocenters. The molecule has 0 saturated heterocycles. The van der Waals surface area contributed by atoms with E-state index in [4.69, 9.17) is 9.47 Å². The Bertz CT molecular complexity index is 946. The number of nitrogens with zero attached hydrogens (tertiary/aromatic N) is 2. The molecule has 3 rings (SSSR count). The normalized spacial score (nSPS) is 15.1. The van der Waals surface area contributed by atoms with Gasteiger partial charge in [-0.2, -0.15) is 0 Å². The van der Waals surface area contributed by atoms with E-state index in [1.807, 2.05) is 6.07 Å². The van der Waals surface area contributed by atoms with Crippen LogP contribution in [0.25, 0.3) is 0 Å². The first-order valence-corrected chi connectivity index (χ1v) is 9.71. The molecule has 8 nitrogen and oxygen atoms in total. The van der Waals surface area contributed by atoms with Gasteiger partial charge in [0.25, 0.3) is 5.91 Å². The van der Waals surface area contributed by atoms with Gasteiger partial charge >= 0.3 is 0 Å². The molecular weight excluding hydrogens is 386 g/mol. The number of hydrogen-bond acceptors (Lipinski definition) is 5. The van der Waals surface area contributed by atoms with Gasteiger partial charge in [0.05, 0.1) is 19.3 Å². The Kier molecular flexibility index (Phi) is 6.56. The number of carbonyl (C=O) groups excluding carboxylic acids is 3. The van der Waals surface area contributed by atoms with Gasteiger partial charge < -0.3 is 19.7 Å². The number of fused-ring (bicyclic) bond motifs is 1. The van der Waals surface area contributed by atoms with Crippen molar-refractivity contribution >= 4 is 29.1 Å². The van der Waals surface area contributed by atoms with E-state index < -0.39 is 6.10 Å². The molecule has 8 heteroatoms. The minimum Gasteiger partial charge on any atom is -0.497 e. The number of para-hydroxylation sites is 2. The van der Waals surface area contributed by atoms with Crippen LogP contribution in [0.15, 0.2) is 48.5 Å². The predicted octanol–water partition coefficient (Wildman–Crippen LogP) is 2.30. The van der Waals surface area contributed by atoms with E-state index in [2.05, 4.69) is 5.32 Å². The highest BCUT2D eigenvalue weighted by Crippen LogP contribution is 2.33. The summed E-state index contributed by atoms with van der Waals surface area (Å²) in [7, 11) is 1.55. The Morgan fingerprint density at radius 2 is 1.97 bits per heavy atom. The van der Waals surface area contributed by atoms with E-state index in [0.717, 1.165) is 0 Å². The molecular formula is C22H25N3O5. The fourth-order valence-electron chi connectivity index (χ4n) is 3.21. The van der Waals surface area contributed by atoms with E-state index in [1.54, 1.807) is 63.4 Å². The maximum Gasteiger partial charge on any atom is 0.268 e. The number of hydrogen-bond donors (Lipinski definition) is 1. The van der Waals surface area contributed by atoms with Gasteiger partial charge in [0.1, 0.15) is 18.0 Å². The lowest BCUT2D eigenvalue weighted by Gasteiger charge is -2.33. The van der Waals surface area contributed by atoms with Crippen LogP contribution in [0.4, 0.5) is 11.4 Å². The Balaban J connectivity index is 1.67. The van der Waals surface area contributed by atoms with Crippen LogP contribution in [0.3, 0.4) is 0 Å². The van der Waals surface area contributed by atoms with Crippen molar-refractivity contribution in [1.29, 1.82) is 0 Å². The molecule has 3 amide bonds. The molecule has 2 aromatic rings. The molecule has 2 aromatic carbocycles. The highest BCUT2D eigenvalue weighted by atomic mass is 16.5. The zero-order valence-electron chi connectivity index (χ0n) is 17.3. The molecule has 1 heterocycles.